The Labute approximate surface area is 107 Å². The maximum atomic E-state index is 13.0. The second kappa shape index (κ2) is 5.29. The summed E-state index contributed by atoms with van der Waals surface area (Å²) in [4.78, 5) is 10.4. The van der Waals surface area contributed by atoms with Crippen LogP contribution in [0.15, 0.2) is 18.2 Å². The lowest BCUT2D eigenvalue weighted by atomic mass is 9.93. The standard InChI is InChI=1S/C11H7F7O2/c12-8-2-1-5(3-7(8)11(16,17)18)6(4-9(19)20)10(13,14)15/h1-3,6H,4H2,(H,19,20). The monoisotopic (exact) mass is 304 g/mol. The molecule has 0 fully saturated rings. The highest BCUT2D eigenvalue weighted by Gasteiger charge is 2.43. The Hall–Kier alpha value is -1.80. The van der Waals surface area contributed by atoms with Gasteiger partial charge in [0.05, 0.1) is 17.9 Å². The van der Waals surface area contributed by atoms with Crippen molar-refractivity contribution in [3.05, 3.63) is 35.1 Å². The fraction of sp³-hybridized carbons (Fsp3) is 0.364. The van der Waals surface area contributed by atoms with E-state index in [4.69, 9.17) is 5.11 Å². The quantitative estimate of drug-likeness (QED) is 0.858. The molecule has 0 amide bonds. The van der Waals surface area contributed by atoms with Gasteiger partial charge >= 0.3 is 18.3 Å². The summed E-state index contributed by atoms with van der Waals surface area (Å²) in [7, 11) is 0. The second-order valence-electron chi connectivity index (χ2n) is 3.93. The summed E-state index contributed by atoms with van der Waals surface area (Å²) < 4.78 is 88.2. The number of halogens is 7. The number of carboxylic acids is 1. The minimum atomic E-state index is -5.17. The summed E-state index contributed by atoms with van der Waals surface area (Å²) in [5, 5.41) is 8.40. The predicted molar refractivity (Wildman–Crippen MR) is 52.5 cm³/mol. The molecule has 1 aromatic carbocycles. The molecule has 1 aromatic rings. The molecule has 1 unspecified atom stereocenters. The normalized spacial score (nSPS) is 14.2. The smallest absolute Gasteiger partial charge is 0.419 e. The van der Waals surface area contributed by atoms with E-state index in [1.807, 2.05) is 0 Å². The molecule has 0 aliphatic rings. The highest BCUT2D eigenvalue weighted by molar-refractivity contribution is 5.68. The first kappa shape index (κ1) is 16.3. The van der Waals surface area contributed by atoms with Crippen LogP contribution in [0.3, 0.4) is 0 Å². The summed E-state index contributed by atoms with van der Waals surface area (Å²) in [5.41, 5.74) is -2.82. The van der Waals surface area contributed by atoms with Crippen molar-refractivity contribution in [2.75, 3.05) is 0 Å². The molecule has 0 radical (unpaired) electrons. The Balaban J connectivity index is 3.32. The second-order valence-corrected chi connectivity index (χ2v) is 3.93. The van der Waals surface area contributed by atoms with Crippen molar-refractivity contribution < 1.29 is 40.6 Å². The van der Waals surface area contributed by atoms with Crippen LogP contribution in [-0.2, 0) is 11.0 Å². The lowest BCUT2D eigenvalue weighted by Gasteiger charge is -2.20. The first-order valence-electron chi connectivity index (χ1n) is 5.08. The zero-order chi connectivity index (χ0) is 15.7. The van der Waals surface area contributed by atoms with Crippen LogP contribution in [0.4, 0.5) is 30.7 Å². The summed E-state index contributed by atoms with van der Waals surface area (Å²) in [6.45, 7) is 0. The van der Waals surface area contributed by atoms with Crippen LogP contribution in [0.5, 0.6) is 0 Å². The first-order chi connectivity index (χ1) is 8.93. The molecular formula is C11H7F7O2. The number of aliphatic carboxylic acids is 1. The lowest BCUT2D eigenvalue weighted by Crippen LogP contribution is -2.24. The summed E-state index contributed by atoms with van der Waals surface area (Å²) >= 11 is 0. The molecule has 0 bridgehead atoms. The first-order valence-corrected chi connectivity index (χ1v) is 5.08. The summed E-state index contributed by atoms with van der Waals surface area (Å²) in [6, 6.07) is 0.709. The molecule has 0 heterocycles. The third kappa shape index (κ3) is 3.84. The topological polar surface area (TPSA) is 37.3 Å². The van der Waals surface area contributed by atoms with Gasteiger partial charge in [-0.1, -0.05) is 6.07 Å². The van der Waals surface area contributed by atoms with Gasteiger partial charge in [-0.3, -0.25) is 4.79 Å². The number of rotatable bonds is 3. The van der Waals surface area contributed by atoms with E-state index in [2.05, 4.69) is 0 Å². The number of hydrogen-bond donors (Lipinski definition) is 1. The molecule has 2 nitrogen and oxygen atoms in total. The maximum absolute atomic E-state index is 13.0. The van der Waals surface area contributed by atoms with Crippen molar-refractivity contribution in [3.8, 4) is 0 Å². The maximum Gasteiger partial charge on any atom is 0.419 e. The number of benzene rings is 1. The van der Waals surface area contributed by atoms with Crippen LogP contribution in [0.25, 0.3) is 0 Å². The number of hydrogen-bond acceptors (Lipinski definition) is 1. The molecule has 112 valence electrons. The SMILES string of the molecule is O=C(O)CC(c1ccc(F)c(C(F)(F)F)c1)C(F)(F)F. The molecule has 0 saturated heterocycles. The third-order valence-corrected chi connectivity index (χ3v) is 2.47. The van der Waals surface area contributed by atoms with Gasteiger partial charge in [0.25, 0.3) is 0 Å². The molecule has 0 aliphatic heterocycles. The van der Waals surface area contributed by atoms with Crippen LogP contribution in [-0.4, -0.2) is 17.3 Å². The molecule has 9 heteroatoms. The van der Waals surface area contributed by atoms with Gasteiger partial charge in [0.1, 0.15) is 5.82 Å². The van der Waals surface area contributed by atoms with Gasteiger partial charge < -0.3 is 5.11 Å². The lowest BCUT2D eigenvalue weighted by molar-refractivity contribution is -0.163. The van der Waals surface area contributed by atoms with Gasteiger partial charge in [-0.25, -0.2) is 4.39 Å². The number of carbonyl (C=O) groups is 1. The molecule has 1 N–H and O–H groups in total. The van der Waals surface area contributed by atoms with E-state index in [1.54, 1.807) is 0 Å². The predicted octanol–water partition coefficient (Wildman–Crippen LogP) is 3.97. The van der Waals surface area contributed by atoms with Crippen LogP contribution in [0, 0.1) is 5.82 Å². The number of carboxylic acid groups (broad SMARTS) is 1. The van der Waals surface area contributed by atoms with Gasteiger partial charge in [0.2, 0.25) is 0 Å². The van der Waals surface area contributed by atoms with Crippen LogP contribution >= 0.6 is 0 Å². The van der Waals surface area contributed by atoms with Crippen molar-refractivity contribution in [2.24, 2.45) is 0 Å². The highest BCUT2D eigenvalue weighted by atomic mass is 19.4. The molecule has 1 rings (SSSR count). The van der Waals surface area contributed by atoms with E-state index in [9.17, 15) is 35.5 Å². The van der Waals surface area contributed by atoms with Gasteiger partial charge in [-0.05, 0) is 17.7 Å². The fourth-order valence-corrected chi connectivity index (χ4v) is 1.57. The zero-order valence-corrected chi connectivity index (χ0v) is 9.52. The van der Waals surface area contributed by atoms with Crippen LogP contribution < -0.4 is 0 Å². The molecule has 0 aliphatic carbocycles. The average Bonchev–Trinajstić information content (AvgIpc) is 2.23. The Kier molecular flexibility index (Phi) is 4.30. The van der Waals surface area contributed by atoms with E-state index in [1.165, 1.54) is 0 Å². The van der Waals surface area contributed by atoms with Crippen molar-refractivity contribution in [1.29, 1.82) is 0 Å². The van der Waals surface area contributed by atoms with E-state index < -0.39 is 47.6 Å². The third-order valence-electron chi connectivity index (χ3n) is 2.47. The van der Waals surface area contributed by atoms with E-state index >= 15 is 0 Å². The molecule has 0 spiro atoms. The van der Waals surface area contributed by atoms with Gasteiger partial charge in [-0.2, -0.15) is 26.3 Å². The zero-order valence-electron chi connectivity index (χ0n) is 9.52. The summed E-state index contributed by atoms with van der Waals surface area (Å²) in [5.74, 6) is -6.19. The van der Waals surface area contributed by atoms with Gasteiger partial charge in [0, 0.05) is 0 Å². The molecule has 20 heavy (non-hydrogen) atoms. The molecule has 0 saturated carbocycles. The molecule has 1 atom stereocenters. The Morgan fingerprint density at radius 1 is 1.15 bits per heavy atom. The fourth-order valence-electron chi connectivity index (χ4n) is 1.57. The van der Waals surface area contributed by atoms with E-state index in [-0.39, 0.29) is 12.1 Å². The Bertz CT molecular complexity index is 504. The van der Waals surface area contributed by atoms with Crippen molar-refractivity contribution in [3.63, 3.8) is 0 Å². The Morgan fingerprint density at radius 3 is 2.10 bits per heavy atom. The number of alkyl halides is 6. The molecule has 0 aromatic heterocycles. The van der Waals surface area contributed by atoms with E-state index in [0.717, 1.165) is 0 Å². The molecular weight excluding hydrogens is 297 g/mol. The van der Waals surface area contributed by atoms with Crippen molar-refractivity contribution >= 4 is 5.97 Å². The van der Waals surface area contributed by atoms with Crippen LogP contribution in [0.1, 0.15) is 23.5 Å². The largest absolute Gasteiger partial charge is 0.481 e. The van der Waals surface area contributed by atoms with E-state index in [0.29, 0.717) is 6.07 Å². The summed E-state index contributed by atoms with van der Waals surface area (Å²) in [6.07, 6.45) is -11.7. The highest BCUT2D eigenvalue weighted by Crippen LogP contribution is 2.40. The Morgan fingerprint density at radius 2 is 1.70 bits per heavy atom. The van der Waals surface area contributed by atoms with Crippen LogP contribution in [0.2, 0.25) is 0 Å². The minimum absolute atomic E-state index is 0.0174. The van der Waals surface area contributed by atoms with Crippen molar-refractivity contribution in [1.82, 2.24) is 0 Å². The van der Waals surface area contributed by atoms with Gasteiger partial charge in [-0.15, -0.1) is 0 Å². The van der Waals surface area contributed by atoms with Gasteiger partial charge in [0.15, 0.2) is 0 Å². The minimum Gasteiger partial charge on any atom is -0.481 e. The average molecular weight is 304 g/mol. The van der Waals surface area contributed by atoms with Crippen molar-refractivity contribution in [2.45, 2.75) is 24.7 Å².